The normalized spacial score (nSPS) is 12.4. The zero-order chi connectivity index (χ0) is 22.5. The van der Waals surface area contributed by atoms with Gasteiger partial charge in [0.2, 0.25) is 0 Å². The van der Waals surface area contributed by atoms with Crippen LogP contribution in [0.3, 0.4) is 0 Å². The topological polar surface area (TPSA) is 88.1 Å². The highest BCUT2D eigenvalue weighted by Crippen LogP contribution is 2.32. The van der Waals surface area contributed by atoms with Gasteiger partial charge < -0.3 is 4.74 Å². The number of halogens is 1. The second kappa shape index (κ2) is 9.61. The van der Waals surface area contributed by atoms with E-state index in [9.17, 15) is 13.2 Å². The molecule has 2 rings (SSSR count). The minimum absolute atomic E-state index is 0.0506. The highest BCUT2D eigenvalue weighted by atomic mass is 79.9. The molecule has 0 saturated heterocycles. The molecule has 0 saturated carbocycles. The molecule has 0 aromatic heterocycles. The molecule has 1 N–H and O–H groups in total. The largest absolute Gasteiger partial charge is 0.495 e. The second-order valence-electron chi connectivity index (χ2n) is 7.62. The lowest BCUT2D eigenvalue weighted by Crippen LogP contribution is -2.40. The summed E-state index contributed by atoms with van der Waals surface area (Å²) in [5, 5.41) is 4.11. The van der Waals surface area contributed by atoms with E-state index in [-0.39, 0.29) is 16.1 Å². The van der Waals surface area contributed by atoms with Crippen molar-refractivity contribution in [3.05, 3.63) is 53.0 Å². The van der Waals surface area contributed by atoms with Crippen LogP contribution in [0.1, 0.15) is 27.7 Å². The smallest absolute Gasteiger partial charge is 0.268 e. The zero-order valence-corrected chi connectivity index (χ0v) is 20.0. The second-order valence-corrected chi connectivity index (χ2v) is 10.4. The summed E-state index contributed by atoms with van der Waals surface area (Å²) in [6.07, 6.45) is 0. The molecule has 0 aliphatic carbocycles. The van der Waals surface area contributed by atoms with Gasteiger partial charge in [-0.25, -0.2) is 13.8 Å². The van der Waals surface area contributed by atoms with Crippen LogP contribution in [0, 0.1) is 5.41 Å². The molecule has 0 radical (unpaired) electrons. The number of methoxy groups -OCH3 is 1. The van der Waals surface area contributed by atoms with Crippen molar-refractivity contribution < 1.29 is 17.9 Å². The summed E-state index contributed by atoms with van der Waals surface area (Å²) in [6.45, 7) is 7.27. The molecule has 0 aliphatic heterocycles. The maximum atomic E-state index is 13.5. The Balaban J connectivity index is 2.45. The predicted molar refractivity (Wildman–Crippen MR) is 122 cm³/mol. The van der Waals surface area contributed by atoms with E-state index in [2.05, 4.69) is 26.5 Å². The fraction of sp³-hybridized carbons (Fsp3) is 0.333. The summed E-state index contributed by atoms with van der Waals surface area (Å²) >= 11 is 3.30. The molecule has 2 aromatic rings. The summed E-state index contributed by atoms with van der Waals surface area (Å²) in [6, 6.07) is 13.1. The molecule has 0 unspecified atom stereocenters. The summed E-state index contributed by atoms with van der Waals surface area (Å²) in [5.74, 6) is -0.374. The van der Waals surface area contributed by atoms with Crippen LogP contribution in [0.15, 0.2) is 63.0 Å². The first-order valence-electron chi connectivity index (χ1n) is 9.21. The third kappa shape index (κ3) is 5.82. The minimum atomic E-state index is -4.11. The number of para-hydroxylation sites is 1. The molecule has 9 heteroatoms. The Hall–Kier alpha value is -2.39. The van der Waals surface area contributed by atoms with Crippen molar-refractivity contribution in [3.8, 4) is 5.75 Å². The zero-order valence-electron chi connectivity index (χ0n) is 17.6. The van der Waals surface area contributed by atoms with Gasteiger partial charge in [-0.3, -0.25) is 9.10 Å². The van der Waals surface area contributed by atoms with Crippen LogP contribution >= 0.6 is 15.9 Å². The number of amides is 1. The van der Waals surface area contributed by atoms with Crippen molar-refractivity contribution in [1.82, 2.24) is 5.43 Å². The van der Waals surface area contributed by atoms with E-state index in [4.69, 9.17) is 4.74 Å². The highest BCUT2D eigenvalue weighted by Gasteiger charge is 2.30. The molecule has 2 aromatic carbocycles. The lowest BCUT2D eigenvalue weighted by atomic mass is 9.91. The van der Waals surface area contributed by atoms with Gasteiger partial charge >= 0.3 is 0 Å². The molecule has 162 valence electrons. The van der Waals surface area contributed by atoms with Crippen LogP contribution in [-0.4, -0.2) is 33.7 Å². The van der Waals surface area contributed by atoms with Gasteiger partial charge in [0.25, 0.3) is 15.9 Å². The summed E-state index contributed by atoms with van der Waals surface area (Å²) in [7, 11) is -2.72. The number of carbonyl (C=O) groups excluding carboxylic acids is 1. The van der Waals surface area contributed by atoms with E-state index >= 15 is 0 Å². The summed E-state index contributed by atoms with van der Waals surface area (Å²) in [4.78, 5) is 12.5. The van der Waals surface area contributed by atoms with Gasteiger partial charge in [0, 0.05) is 15.6 Å². The SMILES string of the molecule is COc1ccc(Br)cc1S(=O)(=O)N(CC(=O)N/N=C(\C)C(C)(C)C)c1ccccc1. The number of benzene rings is 2. The van der Waals surface area contributed by atoms with Crippen molar-refractivity contribution in [1.29, 1.82) is 0 Å². The maximum Gasteiger partial charge on any atom is 0.268 e. The molecule has 7 nitrogen and oxygen atoms in total. The minimum Gasteiger partial charge on any atom is -0.495 e. The van der Waals surface area contributed by atoms with Crippen molar-refractivity contribution in [2.24, 2.45) is 10.5 Å². The van der Waals surface area contributed by atoms with Crippen LogP contribution in [0.5, 0.6) is 5.75 Å². The average Bonchev–Trinajstić information content (AvgIpc) is 2.69. The van der Waals surface area contributed by atoms with E-state index < -0.39 is 22.5 Å². The molecule has 0 atom stereocenters. The molecular weight excluding hydrogens is 470 g/mol. The number of hydrogen-bond donors (Lipinski definition) is 1. The number of carbonyl (C=O) groups is 1. The summed E-state index contributed by atoms with van der Waals surface area (Å²) in [5.41, 5.74) is 3.31. The number of ether oxygens (including phenoxy) is 1. The molecule has 0 heterocycles. The number of nitrogens with one attached hydrogen (secondary N) is 1. The quantitative estimate of drug-likeness (QED) is 0.460. The third-order valence-electron chi connectivity index (χ3n) is 4.46. The average molecular weight is 496 g/mol. The van der Waals surface area contributed by atoms with Crippen LogP contribution in [-0.2, 0) is 14.8 Å². The first kappa shape index (κ1) is 23.9. The van der Waals surface area contributed by atoms with E-state index in [0.29, 0.717) is 10.2 Å². The van der Waals surface area contributed by atoms with E-state index in [1.807, 2.05) is 20.8 Å². The van der Waals surface area contributed by atoms with Gasteiger partial charge in [-0.15, -0.1) is 0 Å². The lowest BCUT2D eigenvalue weighted by Gasteiger charge is -2.25. The molecule has 0 fully saturated rings. The molecule has 0 spiro atoms. The molecular formula is C21H26BrN3O4S. The van der Waals surface area contributed by atoms with Gasteiger partial charge in [0.1, 0.15) is 17.2 Å². The monoisotopic (exact) mass is 495 g/mol. The summed E-state index contributed by atoms with van der Waals surface area (Å²) < 4.78 is 33.9. The third-order valence-corrected chi connectivity index (χ3v) is 6.75. The van der Waals surface area contributed by atoms with Gasteiger partial charge in [-0.05, 0) is 37.3 Å². The Labute approximate surface area is 186 Å². The van der Waals surface area contributed by atoms with Crippen LogP contribution < -0.4 is 14.5 Å². The van der Waals surface area contributed by atoms with Crippen molar-refractivity contribution >= 4 is 43.3 Å². The number of hydrogen-bond acceptors (Lipinski definition) is 5. The molecule has 30 heavy (non-hydrogen) atoms. The number of hydrazone groups is 1. The van der Waals surface area contributed by atoms with Crippen molar-refractivity contribution in [2.45, 2.75) is 32.6 Å². The van der Waals surface area contributed by atoms with Gasteiger partial charge in [0.05, 0.1) is 12.8 Å². The Morgan fingerprint density at radius 2 is 1.80 bits per heavy atom. The highest BCUT2D eigenvalue weighted by molar-refractivity contribution is 9.10. The molecule has 0 bridgehead atoms. The van der Waals surface area contributed by atoms with E-state index in [1.165, 1.54) is 13.2 Å². The number of sulfonamides is 1. The lowest BCUT2D eigenvalue weighted by molar-refractivity contribution is -0.119. The number of anilines is 1. The fourth-order valence-electron chi connectivity index (χ4n) is 2.36. The van der Waals surface area contributed by atoms with E-state index in [0.717, 1.165) is 10.0 Å². The Bertz CT molecular complexity index is 1030. The Morgan fingerprint density at radius 3 is 2.37 bits per heavy atom. The number of rotatable bonds is 7. The predicted octanol–water partition coefficient (Wildman–Crippen LogP) is 4.19. The van der Waals surface area contributed by atoms with Gasteiger partial charge in [-0.1, -0.05) is 54.9 Å². The first-order chi connectivity index (χ1) is 14.0. The fourth-order valence-corrected chi connectivity index (χ4v) is 4.48. The molecule has 1 amide bonds. The van der Waals surface area contributed by atoms with Gasteiger partial charge in [-0.2, -0.15) is 5.10 Å². The number of nitrogens with zero attached hydrogens (tertiary/aromatic N) is 2. The molecule has 0 aliphatic rings. The van der Waals surface area contributed by atoms with E-state index in [1.54, 1.807) is 49.4 Å². The van der Waals surface area contributed by atoms with Crippen molar-refractivity contribution in [3.63, 3.8) is 0 Å². The van der Waals surface area contributed by atoms with Crippen LogP contribution in [0.25, 0.3) is 0 Å². The Kier molecular flexibility index (Phi) is 7.65. The van der Waals surface area contributed by atoms with Crippen molar-refractivity contribution in [2.75, 3.05) is 18.0 Å². The first-order valence-corrected chi connectivity index (χ1v) is 11.4. The standard InChI is InChI=1S/C21H26BrN3O4S/c1-15(21(2,3)4)23-24-20(26)14-25(17-9-7-6-8-10-17)30(27,28)19-13-16(22)11-12-18(19)29-5/h6-13H,14H2,1-5H3,(H,24,26)/b23-15+. The van der Waals surface area contributed by atoms with Gasteiger partial charge in [0.15, 0.2) is 0 Å². The Morgan fingerprint density at radius 1 is 1.17 bits per heavy atom. The van der Waals surface area contributed by atoms with Crippen LogP contribution in [0.2, 0.25) is 0 Å². The van der Waals surface area contributed by atoms with Crippen LogP contribution in [0.4, 0.5) is 5.69 Å². The maximum absolute atomic E-state index is 13.5.